The van der Waals surface area contributed by atoms with Gasteiger partial charge < -0.3 is 14.4 Å². The van der Waals surface area contributed by atoms with Gasteiger partial charge in [0.05, 0.1) is 19.8 Å². The predicted molar refractivity (Wildman–Crippen MR) is 117 cm³/mol. The molecule has 0 N–H and O–H groups in total. The molecule has 0 radical (unpaired) electrons. The Bertz CT molecular complexity index is 972. The number of ether oxygens (including phenoxy) is 2. The van der Waals surface area contributed by atoms with Crippen LogP contribution in [0.4, 0.5) is 9.52 Å². The number of piperazine rings is 1. The smallest absolute Gasteiger partial charge is 0.205 e. The number of halogens is 1. The van der Waals surface area contributed by atoms with Crippen LogP contribution in [-0.2, 0) is 6.42 Å². The van der Waals surface area contributed by atoms with Gasteiger partial charge in [-0.05, 0) is 36.2 Å². The minimum Gasteiger partial charge on any atom is -0.497 e. The standard InChI is InChI=1S/C22H25FN4O2S/c1-28-18-6-3-16(4-7-18)9-10-26-11-13-27(14-12-26)22-24-21(25-30-22)19-8-5-17(23)15-20(19)29-2/h3-8,15H,9-14H2,1-2H3. The highest BCUT2D eigenvalue weighted by atomic mass is 32.1. The van der Waals surface area contributed by atoms with Crippen molar-refractivity contribution in [2.45, 2.75) is 6.42 Å². The van der Waals surface area contributed by atoms with Crippen LogP contribution < -0.4 is 14.4 Å². The lowest BCUT2D eigenvalue weighted by molar-refractivity contribution is 0.261. The number of rotatable bonds is 7. The van der Waals surface area contributed by atoms with Crippen molar-refractivity contribution in [3.8, 4) is 22.9 Å². The molecule has 2 aromatic carbocycles. The van der Waals surface area contributed by atoms with E-state index in [0.717, 1.165) is 50.0 Å². The fourth-order valence-corrected chi connectivity index (χ4v) is 4.28. The van der Waals surface area contributed by atoms with Gasteiger partial charge in [0, 0.05) is 50.3 Å². The van der Waals surface area contributed by atoms with Crippen LogP contribution in [0, 0.1) is 5.82 Å². The number of hydrogen-bond donors (Lipinski definition) is 0. The molecular formula is C22H25FN4O2S. The number of benzene rings is 2. The van der Waals surface area contributed by atoms with Crippen LogP contribution in [0.15, 0.2) is 42.5 Å². The minimum absolute atomic E-state index is 0.336. The summed E-state index contributed by atoms with van der Waals surface area (Å²) in [6.07, 6.45) is 1.03. The van der Waals surface area contributed by atoms with Crippen LogP contribution in [0.25, 0.3) is 11.4 Å². The molecule has 0 saturated carbocycles. The summed E-state index contributed by atoms with van der Waals surface area (Å²) in [6.45, 7) is 4.85. The van der Waals surface area contributed by atoms with Gasteiger partial charge in [0.15, 0.2) is 5.82 Å². The SMILES string of the molecule is COc1ccc(CCN2CCN(c3nc(-c4ccc(F)cc4OC)ns3)CC2)cc1. The average molecular weight is 429 g/mol. The number of anilines is 1. The molecule has 1 saturated heterocycles. The molecule has 1 fully saturated rings. The Morgan fingerprint density at radius 1 is 1.00 bits per heavy atom. The van der Waals surface area contributed by atoms with Gasteiger partial charge in [-0.15, -0.1) is 0 Å². The summed E-state index contributed by atoms with van der Waals surface area (Å²) in [7, 11) is 3.21. The van der Waals surface area contributed by atoms with Gasteiger partial charge in [-0.3, -0.25) is 4.90 Å². The van der Waals surface area contributed by atoms with Crippen LogP contribution in [0.1, 0.15) is 5.56 Å². The topological polar surface area (TPSA) is 50.7 Å². The molecule has 158 valence electrons. The highest BCUT2D eigenvalue weighted by Gasteiger charge is 2.21. The molecule has 0 aliphatic carbocycles. The maximum absolute atomic E-state index is 13.5. The fraction of sp³-hybridized carbons (Fsp3) is 0.364. The molecule has 1 aliphatic heterocycles. The van der Waals surface area contributed by atoms with Crippen molar-refractivity contribution in [3.63, 3.8) is 0 Å². The molecule has 8 heteroatoms. The van der Waals surface area contributed by atoms with Gasteiger partial charge in [0.25, 0.3) is 0 Å². The number of aromatic nitrogens is 2. The average Bonchev–Trinajstić information content (AvgIpc) is 3.28. The number of nitrogens with zero attached hydrogens (tertiary/aromatic N) is 4. The molecule has 0 bridgehead atoms. The third-order valence-corrected chi connectivity index (χ3v) is 6.12. The van der Waals surface area contributed by atoms with Crippen LogP contribution in [0.2, 0.25) is 0 Å². The first-order valence-corrected chi connectivity index (χ1v) is 10.7. The highest BCUT2D eigenvalue weighted by Crippen LogP contribution is 2.31. The second-order valence-electron chi connectivity index (χ2n) is 7.17. The van der Waals surface area contributed by atoms with E-state index in [9.17, 15) is 4.39 Å². The number of hydrogen-bond acceptors (Lipinski definition) is 7. The van der Waals surface area contributed by atoms with Crippen LogP contribution >= 0.6 is 11.5 Å². The maximum Gasteiger partial charge on any atom is 0.205 e. The summed E-state index contributed by atoms with van der Waals surface area (Å²) in [5.74, 6) is 1.58. The monoisotopic (exact) mass is 428 g/mol. The van der Waals surface area contributed by atoms with Crippen molar-refractivity contribution in [2.75, 3.05) is 51.8 Å². The molecule has 1 aromatic heterocycles. The second-order valence-corrected chi connectivity index (χ2v) is 7.90. The van der Waals surface area contributed by atoms with Crippen LogP contribution in [0.5, 0.6) is 11.5 Å². The van der Waals surface area contributed by atoms with Crippen LogP contribution in [0.3, 0.4) is 0 Å². The summed E-state index contributed by atoms with van der Waals surface area (Å²) in [5, 5.41) is 0.895. The molecule has 0 spiro atoms. The molecule has 0 amide bonds. The largest absolute Gasteiger partial charge is 0.497 e. The molecule has 2 heterocycles. The Balaban J connectivity index is 1.32. The Morgan fingerprint density at radius 2 is 1.77 bits per heavy atom. The summed E-state index contributed by atoms with van der Waals surface area (Å²) in [6, 6.07) is 12.7. The fourth-order valence-electron chi connectivity index (χ4n) is 3.55. The van der Waals surface area contributed by atoms with E-state index in [1.54, 1.807) is 13.2 Å². The van der Waals surface area contributed by atoms with Crippen molar-refractivity contribution >= 4 is 16.7 Å². The van der Waals surface area contributed by atoms with Gasteiger partial charge in [-0.25, -0.2) is 4.39 Å². The normalized spacial score (nSPS) is 14.7. The van der Waals surface area contributed by atoms with Gasteiger partial charge in [0.2, 0.25) is 5.13 Å². The Labute approximate surface area is 180 Å². The highest BCUT2D eigenvalue weighted by molar-refractivity contribution is 7.09. The molecule has 4 rings (SSSR count). The Kier molecular flexibility index (Phi) is 6.44. The van der Waals surface area contributed by atoms with Crippen molar-refractivity contribution in [2.24, 2.45) is 0 Å². The van der Waals surface area contributed by atoms with E-state index >= 15 is 0 Å². The third-order valence-electron chi connectivity index (χ3n) is 5.34. The first-order chi connectivity index (χ1) is 14.7. The van der Waals surface area contributed by atoms with Crippen LogP contribution in [-0.4, -0.2) is 61.2 Å². The summed E-state index contributed by atoms with van der Waals surface area (Å²) < 4.78 is 28.4. The lowest BCUT2D eigenvalue weighted by Crippen LogP contribution is -2.47. The van der Waals surface area contributed by atoms with Gasteiger partial charge in [-0.2, -0.15) is 9.36 Å². The number of methoxy groups -OCH3 is 2. The van der Waals surface area contributed by atoms with E-state index in [1.807, 2.05) is 12.1 Å². The minimum atomic E-state index is -0.336. The van der Waals surface area contributed by atoms with E-state index in [4.69, 9.17) is 9.47 Å². The molecule has 0 atom stereocenters. The van der Waals surface area contributed by atoms with Crippen molar-refractivity contribution in [1.29, 1.82) is 0 Å². The molecule has 30 heavy (non-hydrogen) atoms. The lowest BCUT2D eigenvalue weighted by atomic mass is 10.1. The van der Waals surface area contributed by atoms with Crippen molar-refractivity contribution < 1.29 is 13.9 Å². The van der Waals surface area contributed by atoms with E-state index in [2.05, 4.69) is 31.3 Å². The lowest BCUT2D eigenvalue weighted by Gasteiger charge is -2.34. The van der Waals surface area contributed by atoms with Crippen molar-refractivity contribution in [3.05, 3.63) is 53.8 Å². The molecular weight excluding hydrogens is 403 g/mol. The first-order valence-electron chi connectivity index (χ1n) is 9.94. The zero-order chi connectivity index (χ0) is 20.9. The summed E-state index contributed by atoms with van der Waals surface area (Å²) in [4.78, 5) is 9.42. The molecule has 1 aliphatic rings. The first kappa shape index (κ1) is 20.6. The Hall–Kier alpha value is -2.71. The predicted octanol–water partition coefficient (Wildman–Crippen LogP) is 3.73. The molecule has 3 aromatic rings. The maximum atomic E-state index is 13.5. The summed E-state index contributed by atoms with van der Waals surface area (Å²) >= 11 is 1.37. The quantitative estimate of drug-likeness (QED) is 0.572. The summed E-state index contributed by atoms with van der Waals surface area (Å²) in [5.41, 5.74) is 2.03. The van der Waals surface area contributed by atoms with Gasteiger partial charge in [-0.1, -0.05) is 12.1 Å². The third kappa shape index (κ3) is 4.71. The molecule has 0 unspecified atom stereocenters. The second kappa shape index (κ2) is 9.40. The van der Waals surface area contributed by atoms with Gasteiger partial charge in [0.1, 0.15) is 17.3 Å². The van der Waals surface area contributed by atoms with E-state index < -0.39 is 0 Å². The van der Waals surface area contributed by atoms with E-state index in [1.165, 1.54) is 36.3 Å². The Morgan fingerprint density at radius 3 is 2.47 bits per heavy atom. The zero-order valence-corrected chi connectivity index (χ0v) is 18.0. The molecule has 6 nitrogen and oxygen atoms in total. The van der Waals surface area contributed by atoms with E-state index in [-0.39, 0.29) is 5.82 Å². The van der Waals surface area contributed by atoms with E-state index in [0.29, 0.717) is 17.1 Å². The zero-order valence-electron chi connectivity index (χ0n) is 17.2. The van der Waals surface area contributed by atoms with Crippen molar-refractivity contribution in [1.82, 2.24) is 14.3 Å². The van der Waals surface area contributed by atoms with Gasteiger partial charge >= 0.3 is 0 Å².